The second-order valence-electron chi connectivity index (χ2n) is 6.98. The Hall–Kier alpha value is -2.96. The summed E-state index contributed by atoms with van der Waals surface area (Å²) in [5.74, 6) is -1.23. The summed E-state index contributed by atoms with van der Waals surface area (Å²) < 4.78 is 33.4. The fourth-order valence-corrected chi connectivity index (χ4v) is 3.39. The van der Waals surface area contributed by atoms with Gasteiger partial charge in [-0.3, -0.25) is 9.59 Å². The third kappa shape index (κ3) is 4.72. The number of halogens is 2. The Kier molecular flexibility index (Phi) is 6.46. The van der Waals surface area contributed by atoms with Crippen LogP contribution in [0.5, 0.6) is 5.75 Å². The number of piperazine rings is 1. The molecule has 0 radical (unpaired) electrons. The van der Waals surface area contributed by atoms with Crippen LogP contribution in [0.1, 0.15) is 29.3 Å². The summed E-state index contributed by atoms with van der Waals surface area (Å²) in [7, 11) is 0. The van der Waals surface area contributed by atoms with Crippen LogP contribution in [0.3, 0.4) is 0 Å². The Morgan fingerprint density at radius 1 is 1.03 bits per heavy atom. The number of ether oxygens (including phenoxy) is 1. The molecule has 154 valence electrons. The lowest BCUT2D eigenvalue weighted by atomic mass is 10.0. The number of anilines is 1. The molecule has 2 aromatic carbocycles. The van der Waals surface area contributed by atoms with Crippen molar-refractivity contribution in [2.45, 2.75) is 20.3 Å². The van der Waals surface area contributed by atoms with E-state index in [1.807, 2.05) is 4.90 Å². The van der Waals surface area contributed by atoms with E-state index in [0.717, 1.165) is 5.56 Å². The standard InChI is InChI=1S/C22H24F2N2O3/c1-3-20(27)16-13-18(24)19(12-15(16)2)25-8-10-26(11-9-25)22(28)14-29-21-7-5-4-6-17(21)23/h4-7,12-13H,3,8-11,14H2,1-2H3. The van der Waals surface area contributed by atoms with Crippen LogP contribution in [0.2, 0.25) is 0 Å². The average molecular weight is 402 g/mol. The smallest absolute Gasteiger partial charge is 0.260 e. The van der Waals surface area contributed by atoms with Gasteiger partial charge >= 0.3 is 0 Å². The highest BCUT2D eigenvalue weighted by Crippen LogP contribution is 2.26. The first-order valence-corrected chi connectivity index (χ1v) is 9.64. The SMILES string of the molecule is CCC(=O)c1cc(F)c(N2CCN(C(=O)COc3ccccc3F)CC2)cc1C. The van der Waals surface area contributed by atoms with E-state index in [2.05, 4.69) is 0 Å². The maximum atomic E-state index is 14.6. The van der Waals surface area contributed by atoms with Crippen LogP contribution in [0.4, 0.5) is 14.5 Å². The summed E-state index contributed by atoms with van der Waals surface area (Å²) >= 11 is 0. The quantitative estimate of drug-likeness (QED) is 0.693. The molecular weight excluding hydrogens is 378 g/mol. The number of hydrogen-bond donors (Lipinski definition) is 0. The van der Waals surface area contributed by atoms with Crippen LogP contribution >= 0.6 is 0 Å². The zero-order valence-corrected chi connectivity index (χ0v) is 16.6. The van der Waals surface area contributed by atoms with Gasteiger partial charge in [-0.2, -0.15) is 0 Å². The van der Waals surface area contributed by atoms with Crippen molar-refractivity contribution in [2.75, 3.05) is 37.7 Å². The highest BCUT2D eigenvalue weighted by molar-refractivity contribution is 5.97. The van der Waals surface area contributed by atoms with E-state index in [1.165, 1.54) is 18.2 Å². The Balaban J connectivity index is 1.59. The van der Waals surface area contributed by atoms with Gasteiger partial charge in [0.2, 0.25) is 0 Å². The van der Waals surface area contributed by atoms with E-state index in [0.29, 0.717) is 43.9 Å². The van der Waals surface area contributed by atoms with Crippen molar-refractivity contribution in [3.8, 4) is 5.75 Å². The van der Waals surface area contributed by atoms with Crippen molar-refractivity contribution in [3.05, 3.63) is 59.2 Å². The van der Waals surface area contributed by atoms with Gasteiger partial charge in [0.25, 0.3) is 5.91 Å². The fraction of sp³-hybridized carbons (Fsp3) is 0.364. The molecule has 0 aliphatic carbocycles. The summed E-state index contributed by atoms with van der Waals surface area (Å²) in [5.41, 5.74) is 1.59. The molecule has 1 aliphatic heterocycles. The molecule has 0 unspecified atom stereocenters. The maximum Gasteiger partial charge on any atom is 0.260 e. The molecule has 0 bridgehead atoms. The van der Waals surface area contributed by atoms with Gasteiger partial charge in [0.15, 0.2) is 24.0 Å². The Bertz CT molecular complexity index is 909. The van der Waals surface area contributed by atoms with Crippen LogP contribution in [0.25, 0.3) is 0 Å². The second kappa shape index (κ2) is 9.03. The van der Waals surface area contributed by atoms with E-state index >= 15 is 0 Å². The van der Waals surface area contributed by atoms with Crippen LogP contribution in [0.15, 0.2) is 36.4 Å². The van der Waals surface area contributed by atoms with E-state index in [-0.39, 0.29) is 24.0 Å². The number of benzene rings is 2. The Morgan fingerprint density at radius 2 is 1.72 bits per heavy atom. The number of para-hydroxylation sites is 1. The number of carbonyl (C=O) groups is 2. The molecule has 7 heteroatoms. The van der Waals surface area contributed by atoms with Gasteiger partial charge in [0, 0.05) is 38.2 Å². The molecule has 29 heavy (non-hydrogen) atoms. The zero-order valence-electron chi connectivity index (χ0n) is 16.6. The summed E-state index contributed by atoms with van der Waals surface area (Å²) in [5, 5.41) is 0. The van der Waals surface area contributed by atoms with Gasteiger partial charge in [-0.15, -0.1) is 0 Å². The van der Waals surface area contributed by atoms with E-state index < -0.39 is 11.6 Å². The summed E-state index contributed by atoms with van der Waals surface area (Å²) in [6.45, 7) is 5.04. The second-order valence-corrected chi connectivity index (χ2v) is 6.98. The number of ketones is 1. The number of aryl methyl sites for hydroxylation is 1. The molecule has 2 aromatic rings. The number of Topliss-reactive ketones (excluding diaryl/α,β-unsaturated/α-hetero) is 1. The van der Waals surface area contributed by atoms with Gasteiger partial charge in [-0.05, 0) is 36.8 Å². The molecule has 3 rings (SSSR count). The summed E-state index contributed by atoms with van der Waals surface area (Å²) in [4.78, 5) is 27.8. The molecule has 1 amide bonds. The van der Waals surface area contributed by atoms with Crippen molar-refractivity contribution in [1.29, 1.82) is 0 Å². The molecule has 0 atom stereocenters. The topological polar surface area (TPSA) is 49.9 Å². The lowest BCUT2D eigenvalue weighted by Crippen LogP contribution is -2.50. The van der Waals surface area contributed by atoms with Crippen molar-refractivity contribution >= 4 is 17.4 Å². The fourth-order valence-electron chi connectivity index (χ4n) is 3.39. The van der Waals surface area contributed by atoms with Crippen LogP contribution in [-0.4, -0.2) is 49.4 Å². The van der Waals surface area contributed by atoms with Gasteiger partial charge in [-0.25, -0.2) is 8.78 Å². The lowest BCUT2D eigenvalue weighted by molar-refractivity contribution is -0.133. The van der Waals surface area contributed by atoms with E-state index in [4.69, 9.17) is 4.74 Å². The molecule has 0 N–H and O–H groups in total. The minimum absolute atomic E-state index is 0.0405. The highest BCUT2D eigenvalue weighted by atomic mass is 19.1. The number of amides is 1. The van der Waals surface area contributed by atoms with Gasteiger partial charge in [-0.1, -0.05) is 19.1 Å². The van der Waals surface area contributed by atoms with Gasteiger partial charge in [0.1, 0.15) is 5.82 Å². The number of carbonyl (C=O) groups excluding carboxylic acids is 2. The predicted octanol–water partition coefficient (Wildman–Crippen LogP) is 3.59. The minimum atomic E-state index is -0.513. The third-order valence-corrected chi connectivity index (χ3v) is 5.08. The molecule has 0 saturated carbocycles. The molecule has 1 aliphatic rings. The zero-order chi connectivity index (χ0) is 21.0. The first-order chi connectivity index (χ1) is 13.9. The van der Waals surface area contributed by atoms with Crippen molar-refractivity contribution in [3.63, 3.8) is 0 Å². The van der Waals surface area contributed by atoms with Crippen LogP contribution < -0.4 is 9.64 Å². The van der Waals surface area contributed by atoms with Gasteiger partial charge < -0.3 is 14.5 Å². The summed E-state index contributed by atoms with van der Waals surface area (Å²) in [6, 6.07) is 8.92. The minimum Gasteiger partial charge on any atom is -0.481 e. The highest BCUT2D eigenvalue weighted by Gasteiger charge is 2.24. The number of nitrogens with zero attached hydrogens (tertiary/aromatic N) is 2. The van der Waals surface area contributed by atoms with Crippen LogP contribution in [0, 0.1) is 18.6 Å². The predicted molar refractivity (Wildman–Crippen MR) is 106 cm³/mol. The lowest BCUT2D eigenvalue weighted by Gasteiger charge is -2.36. The Labute approximate surface area is 168 Å². The van der Waals surface area contributed by atoms with Gasteiger partial charge in [0.05, 0.1) is 5.69 Å². The molecule has 5 nitrogen and oxygen atoms in total. The van der Waals surface area contributed by atoms with Crippen molar-refractivity contribution in [2.24, 2.45) is 0 Å². The van der Waals surface area contributed by atoms with E-state index in [9.17, 15) is 18.4 Å². The largest absolute Gasteiger partial charge is 0.481 e. The monoisotopic (exact) mass is 402 g/mol. The molecule has 1 heterocycles. The molecular formula is C22H24F2N2O3. The normalized spacial score (nSPS) is 14.1. The summed E-state index contributed by atoms with van der Waals surface area (Å²) in [6.07, 6.45) is 0.329. The number of rotatable bonds is 6. The molecule has 0 spiro atoms. The average Bonchev–Trinajstić information content (AvgIpc) is 2.74. The molecule has 0 aromatic heterocycles. The maximum absolute atomic E-state index is 14.6. The molecule has 1 fully saturated rings. The van der Waals surface area contributed by atoms with E-state index in [1.54, 1.807) is 36.9 Å². The van der Waals surface area contributed by atoms with Crippen LogP contribution in [-0.2, 0) is 4.79 Å². The van der Waals surface area contributed by atoms with Crippen molar-refractivity contribution < 1.29 is 23.1 Å². The van der Waals surface area contributed by atoms with Crippen molar-refractivity contribution in [1.82, 2.24) is 4.90 Å². The first kappa shape index (κ1) is 20.8. The number of hydrogen-bond acceptors (Lipinski definition) is 4. The third-order valence-electron chi connectivity index (χ3n) is 5.08. The first-order valence-electron chi connectivity index (χ1n) is 9.64. The Morgan fingerprint density at radius 3 is 2.38 bits per heavy atom. The molecule has 1 saturated heterocycles.